The molecule has 0 rings (SSSR count). The molecular formula is C10H20BrNO2. The lowest BCUT2D eigenvalue weighted by atomic mass is 10.0. The smallest absolute Gasteiger partial charge is 0.246 e. The van der Waals surface area contributed by atoms with Crippen LogP contribution < -0.4 is 5.32 Å². The summed E-state index contributed by atoms with van der Waals surface area (Å²) in [5.74, 6) is -0.0741. The van der Waals surface area contributed by atoms with E-state index >= 15 is 0 Å². The van der Waals surface area contributed by atoms with E-state index in [4.69, 9.17) is 4.74 Å². The van der Waals surface area contributed by atoms with Crippen LogP contribution in [0, 0.1) is 0 Å². The first-order valence-corrected chi connectivity index (χ1v) is 5.74. The molecule has 0 aliphatic carbocycles. The number of nitrogens with one attached hydrogen (secondary N) is 1. The summed E-state index contributed by atoms with van der Waals surface area (Å²) in [4.78, 5) is 11.6. The van der Waals surface area contributed by atoms with Crippen LogP contribution in [0.25, 0.3) is 0 Å². The maximum atomic E-state index is 11.4. The van der Waals surface area contributed by atoms with Gasteiger partial charge in [0.2, 0.25) is 5.91 Å². The zero-order chi connectivity index (χ0) is 11.4. The summed E-state index contributed by atoms with van der Waals surface area (Å²) in [6.45, 7) is 9.89. The van der Waals surface area contributed by atoms with Crippen molar-refractivity contribution in [2.45, 2.75) is 51.1 Å². The average Bonchev–Trinajstić information content (AvgIpc) is 1.99. The Morgan fingerprint density at radius 3 is 2.29 bits per heavy atom. The number of hydrogen-bond acceptors (Lipinski definition) is 2. The summed E-state index contributed by atoms with van der Waals surface area (Å²) in [6, 6.07) is 0. The van der Waals surface area contributed by atoms with Gasteiger partial charge >= 0.3 is 0 Å². The molecule has 0 aliphatic heterocycles. The monoisotopic (exact) mass is 265 g/mol. The molecule has 1 atom stereocenters. The van der Waals surface area contributed by atoms with Gasteiger partial charge in [-0.3, -0.25) is 4.79 Å². The third-order valence-electron chi connectivity index (χ3n) is 2.00. The van der Waals surface area contributed by atoms with Crippen molar-refractivity contribution >= 4 is 21.8 Å². The van der Waals surface area contributed by atoms with E-state index < -0.39 is 0 Å². The topological polar surface area (TPSA) is 38.3 Å². The molecule has 0 aromatic rings. The van der Waals surface area contributed by atoms with E-state index in [-0.39, 0.29) is 29.0 Å². The van der Waals surface area contributed by atoms with E-state index in [1.807, 2.05) is 34.6 Å². The lowest BCUT2D eigenvalue weighted by Gasteiger charge is -2.29. The van der Waals surface area contributed by atoms with Gasteiger partial charge in [0.05, 0.1) is 6.10 Å². The second kappa shape index (κ2) is 5.71. The van der Waals surface area contributed by atoms with Crippen LogP contribution >= 0.6 is 15.9 Å². The summed E-state index contributed by atoms with van der Waals surface area (Å²) < 4.78 is 5.20. The van der Waals surface area contributed by atoms with E-state index in [1.165, 1.54) is 0 Å². The number of halogens is 1. The van der Waals surface area contributed by atoms with Crippen molar-refractivity contribution in [3.8, 4) is 0 Å². The van der Waals surface area contributed by atoms with Gasteiger partial charge in [0.15, 0.2) is 0 Å². The molecule has 0 saturated carbocycles. The Balaban J connectivity index is 3.94. The van der Waals surface area contributed by atoms with E-state index in [0.717, 1.165) is 0 Å². The lowest BCUT2D eigenvalue weighted by molar-refractivity contribution is -0.128. The Labute approximate surface area is 94.7 Å². The fourth-order valence-corrected chi connectivity index (χ4v) is 0.852. The molecule has 0 aliphatic rings. The molecule has 1 unspecified atom stereocenters. The van der Waals surface area contributed by atoms with Gasteiger partial charge in [-0.2, -0.15) is 0 Å². The normalized spacial score (nSPS) is 14.2. The molecule has 0 heterocycles. The van der Waals surface area contributed by atoms with E-state index in [1.54, 1.807) is 0 Å². The van der Waals surface area contributed by atoms with Crippen molar-refractivity contribution in [3.63, 3.8) is 0 Å². The first kappa shape index (κ1) is 13.9. The fourth-order valence-electron chi connectivity index (χ4n) is 0.737. The van der Waals surface area contributed by atoms with Crippen LogP contribution in [0.2, 0.25) is 0 Å². The highest BCUT2D eigenvalue weighted by Gasteiger charge is 2.25. The average molecular weight is 266 g/mol. The number of rotatable bonds is 5. The van der Waals surface area contributed by atoms with Gasteiger partial charge in [-0.1, -0.05) is 22.9 Å². The highest BCUT2D eigenvalue weighted by molar-refractivity contribution is 9.09. The Morgan fingerprint density at radius 2 is 1.93 bits per heavy atom. The molecule has 0 aromatic heterocycles. The second-order valence-corrected chi connectivity index (χ2v) is 5.62. The van der Waals surface area contributed by atoms with Crippen molar-refractivity contribution in [2.75, 3.05) is 6.61 Å². The minimum atomic E-state index is -0.253. The Bertz CT molecular complexity index is 191. The van der Waals surface area contributed by atoms with Crippen LogP contribution in [-0.2, 0) is 9.53 Å². The fraction of sp³-hybridized carbons (Fsp3) is 0.900. The summed E-state index contributed by atoms with van der Waals surface area (Å²) in [5.41, 5.74) is -0.253. The predicted molar refractivity (Wildman–Crippen MR) is 61.7 cm³/mol. The summed E-state index contributed by atoms with van der Waals surface area (Å²) in [5, 5.41) is 2.90. The third kappa shape index (κ3) is 5.60. The maximum Gasteiger partial charge on any atom is 0.246 e. The number of carbonyl (C=O) groups excluding carboxylic acids is 1. The van der Waals surface area contributed by atoms with E-state index in [9.17, 15) is 4.79 Å². The van der Waals surface area contributed by atoms with E-state index in [2.05, 4.69) is 21.2 Å². The van der Waals surface area contributed by atoms with Crippen molar-refractivity contribution < 1.29 is 9.53 Å². The minimum absolute atomic E-state index is 0.0741. The van der Waals surface area contributed by atoms with Crippen molar-refractivity contribution in [3.05, 3.63) is 0 Å². The minimum Gasteiger partial charge on any atom is -0.369 e. The SMILES string of the molecule is CC(C)OCC(=O)NC(C)(C)C(C)Br. The Hall–Kier alpha value is -0.0900. The van der Waals surface area contributed by atoms with Gasteiger partial charge in [-0.05, 0) is 27.7 Å². The van der Waals surface area contributed by atoms with Crippen LogP contribution in [0.1, 0.15) is 34.6 Å². The summed E-state index contributed by atoms with van der Waals surface area (Å²) in [7, 11) is 0. The molecule has 0 fully saturated rings. The first-order chi connectivity index (χ1) is 6.25. The molecule has 4 heteroatoms. The number of amides is 1. The molecular weight excluding hydrogens is 246 g/mol. The molecule has 0 radical (unpaired) electrons. The summed E-state index contributed by atoms with van der Waals surface area (Å²) in [6.07, 6.45) is 0.0882. The molecule has 0 bridgehead atoms. The molecule has 0 aromatic carbocycles. The zero-order valence-electron chi connectivity index (χ0n) is 9.56. The molecule has 1 N–H and O–H groups in total. The second-order valence-electron chi connectivity index (χ2n) is 4.25. The molecule has 14 heavy (non-hydrogen) atoms. The quantitative estimate of drug-likeness (QED) is 0.774. The number of carbonyl (C=O) groups is 1. The lowest BCUT2D eigenvalue weighted by Crippen LogP contribution is -2.50. The predicted octanol–water partition coefficient (Wildman–Crippen LogP) is 2.09. The zero-order valence-corrected chi connectivity index (χ0v) is 11.1. The highest BCUT2D eigenvalue weighted by Crippen LogP contribution is 2.16. The van der Waals surface area contributed by atoms with Crippen molar-refractivity contribution in [1.82, 2.24) is 5.32 Å². The molecule has 3 nitrogen and oxygen atoms in total. The van der Waals surface area contributed by atoms with Crippen LogP contribution in [-0.4, -0.2) is 29.0 Å². The largest absolute Gasteiger partial charge is 0.369 e. The Morgan fingerprint density at radius 1 is 1.43 bits per heavy atom. The number of hydrogen-bond donors (Lipinski definition) is 1. The van der Waals surface area contributed by atoms with Crippen LogP contribution in [0.3, 0.4) is 0 Å². The van der Waals surface area contributed by atoms with Gasteiger partial charge in [0, 0.05) is 10.4 Å². The highest BCUT2D eigenvalue weighted by atomic mass is 79.9. The molecule has 0 spiro atoms. The first-order valence-electron chi connectivity index (χ1n) is 4.82. The van der Waals surface area contributed by atoms with Crippen LogP contribution in [0.4, 0.5) is 0 Å². The maximum absolute atomic E-state index is 11.4. The van der Waals surface area contributed by atoms with Crippen molar-refractivity contribution in [2.24, 2.45) is 0 Å². The van der Waals surface area contributed by atoms with Crippen LogP contribution in [0.5, 0.6) is 0 Å². The standard InChI is InChI=1S/C10H20BrNO2/c1-7(2)14-6-9(13)12-10(4,5)8(3)11/h7-8H,6H2,1-5H3,(H,12,13). The third-order valence-corrected chi connectivity index (χ3v) is 3.15. The van der Waals surface area contributed by atoms with Gasteiger partial charge in [0.25, 0.3) is 0 Å². The number of ether oxygens (including phenoxy) is 1. The van der Waals surface area contributed by atoms with Crippen LogP contribution in [0.15, 0.2) is 0 Å². The van der Waals surface area contributed by atoms with Gasteiger partial charge < -0.3 is 10.1 Å². The Kier molecular flexibility index (Phi) is 5.67. The van der Waals surface area contributed by atoms with Gasteiger partial charge in [-0.25, -0.2) is 0 Å². The van der Waals surface area contributed by atoms with Crippen molar-refractivity contribution in [1.29, 1.82) is 0 Å². The number of alkyl halides is 1. The molecule has 84 valence electrons. The van der Waals surface area contributed by atoms with Gasteiger partial charge in [0.1, 0.15) is 6.61 Å². The molecule has 1 amide bonds. The van der Waals surface area contributed by atoms with Gasteiger partial charge in [-0.15, -0.1) is 0 Å². The molecule has 0 saturated heterocycles. The summed E-state index contributed by atoms with van der Waals surface area (Å²) >= 11 is 3.45. The van der Waals surface area contributed by atoms with E-state index in [0.29, 0.717) is 0 Å².